The molecule has 2 aromatic heterocycles. The van der Waals surface area contributed by atoms with Crippen LogP contribution < -0.4 is 9.64 Å². The summed E-state index contributed by atoms with van der Waals surface area (Å²) < 4.78 is 80.6. The maximum absolute atomic E-state index is 10.6. The number of methoxy groups -OCH3 is 1. The molecule has 41 heavy (non-hydrogen) atoms. The summed E-state index contributed by atoms with van der Waals surface area (Å²) in [6.45, 7) is 3.92. The van der Waals surface area contributed by atoms with E-state index in [9.17, 15) is 26.3 Å². The number of halogens is 6. The van der Waals surface area contributed by atoms with E-state index in [2.05, 4.69) is 19.9 Å². The van der Waals surface area contributed by atoms with Gasteiger partial charge >= 0.3 is 24.3 Å². The first kappa shape index (κ1) is 33.5. The number of hydrogen-bond acceptors (Lipinski definition) is 9. The van der Waals surface area contributed by atoms with Crippen LogP contribution in [0, 0.1) is 5.92 Å². The smallest absolute Gasteiger partial charge is 0.481 e. The van der Waals surface area contributed by atoms with Crippen molar-refractivity contribution in [2.45, 2.75) is 43.8 Å². The molecule has 0 radical (unpaired) electrons. The fourth-order valence-corrected chi connectivity index (χ4v) is 3.93. The molecule has 2 aliphatic rings. The third-order valence-electron chi connectivity index (χ3n) is 5.85. The first-order chi connectivity index (χ1) is 19.1. The van der Waals surface area contributed by atoms with Gasteiger partial charge in [0, 0.05) is 25.5 Å². The van der Waals surface area contributed by atoms with Crippen molar-refractivity contribution in [1.29, 1.82) is 0 Å². The number of rotatable bonds is 7. The molecule has 0 aromatic carbocycles. The molecule has 2 aromatic rings. The largest absolute Gasteiger partial charge is 0.490 e. The van der Waals surface area contributed by atoms with Crippen LogP contribution in [-0.2, 0) is 25.7 Å². The van der Waals surface area contributed by atoms with E-state index in [1.807, 2.05) is 24.3 Å². The predicted octanol–water partition coefficient (Wildman–Crippen LogP) is 3.74. The molecule has 2 saturated heterocycles. The van der Waals surface area contributed by atoms with Crippen molar-refractivity contribution in [3.8, 4) is 5.88 Å². The molecule has 11 nitrogen and oxygen atoms in total. The van der Waals surface area contributed by atoms with Gasteiger partial charge in [0.2, 0.25) is 5.88 Å². The highest BCUT2D eigenvalue weighted by atomic mass is 19.4. The number of pyridine rings is 1. The first-order valence-corrected chi connectivity index (χ1v) is 12.0. The zero-order chi connectivity index (χ0) is 30.7. The lowest BCUT2D eigenvalue weighted by atomic mass is 9.79. The molecule has 228 valence electrons. The summed E-state index contributed by atoms with van der Waals surface area (Å²) in [7, 11) is 1.62. The number of hydrogen-bond donors (Lipinski definition) is 2. The van der Waals surface area contributed by atoms with E-state index in [4.69, 9.17) is 34.0 Å². The number of aromatic nitrogens is 3. The van der Waals surface area contributed by atoms with Crippen molar-refractivity contribution in [2.24, 2.45) is 5.92 Å². The Balaban J connectivity index is 0.000000349. The van der Waals surface area contributed by atoms with E-state index in [1.165, 1.54) is 0 Å². The zero-order valence-corrected chi connectivity index (χ0v) is 21.7. The molecule has 2 aliphatic heterocycles. The highest BCUT2D eigenvalue weighted by Crippen LogP contribution is 2.40. The number of aliphatic carboxylic acids is 2. The Bertz CT molecular complexity index is 1090. The lowest BCUT2D eigenvalue weighted by molar-refractivity contribution is -0.193. The molecule has 0 saturated carbocycles. The second-order valence-corrected chi connectivity index (χ2v) is 8.93. The van der Waals surface area contributed by atoms with Crippen molar-refractivity contribution in [1.82, 2.24) is 15.0 Å². The zero-order valence-electron chi connectivity index (χ0n) is 21.7. The number of ether oxygens (including phenoxy) is 3. The van der Waals surface area contributed by atoms with E-state index < -0.39 is 24.3 Å². The van der Waals surface area contributed by atoms with Crippen molar-refractivity contribution in [2.75, 3.05) is 38.3 Å². The molecule has 4 heterocycles. The van der Waals surface area contributed by atoms with Gasteiger partial charge in [-0.05, 0) is 37.3 Å². The van der Waals surface area contributed by atoms with Crippen molar-refractivity contribution < 1.29 is 60.4 Å². The van der Waals surface area contributed by atoms with Crippen LogP contribution >= 0.6 is 0 Å². The minimum atomic E-state index is -5.08. The summed E-state index contributed by atoms with van der Waals surface area (Å²) in [5.41, 5.74) is 0.943. The highest BCUT2D eigenvalue weighted by Gasteiger charge is 2.48. The first-order valence-electron chi connectivity index (χ1n) is 12.0. The number of carboxylic acid groups (broad SMARTS) is 2. The minimum absolute atomic E-state index is 0.0396. The van der Waals surface area contributed by atoms with Gasteiger partial charge in [0.05, 0.1) is 32.5 Å². The van der Waals surface area contributed by atoms with Gasteiger partial charge in [-0.2, -0.15) is 26.3 Å². The Morgan fingerprint density at radius 1 is 1.07 bits per heavy atom. The summed E-state index contributed by atoms with van der Waals surface area (Å²) >= 11 is 0. The van der Waals surface area contributed by atoms with Crippen LogP contribution in [0.25, 0.3) is 0 Å². The Kier molecular flexibility index (Phi) is 12.1. The third kappa shape index (κ3) is 11.3. The summed E-state index contributed by atoms with van der Waals surface area (Å²) in [5.74, 6) is -3.38. The SMILES string of the molecule is COc1cc(N2CC3(CC(CCOCc4ccccn4)CCO3)C2)ncn1.O=C(O)C(F)(F)F.O=C(O)C(F)(F)F. The van der Waals surface area contributed by atoms with Crippen LogP contribution in [0.4, 0.5) is 32.2 Å². The maximum Gasteiger partial charge on any atom is 0.490 e. The summed E-state index contributed by atoms with van der Waals surface area (Å²) in [5, 5.41) is 14.2. The number of alkyl halides is 6. The average Bonchev–Trinajstić information content (AvgIpc) is 2.90. The van der Waals surface area contributed by atoms with E-state index in [0.29, 0.717) is 18.4 Å². The van der Waals surface area contributed by atoms with Crippen LogP contribution in [-0.4, -0.2) is 88.5 Å². The van der Waals surface area contributed by atoms with Gasteiger partial charge in [0.1, 0.15) is 17.7 Å². The fourth-order valence-electron chi connectivity index (χ4n) is 3.93. The molecule has 0 bridgehead atoms. The topological polar surface area (TPSA) is 144 Å². The quantitative estimate of drug-likeness (QED) is 0.355. The Hall–Kier alpha value is -3.73. The van der Waals surface area contributed by atoms with Crippen LogP contribution in [0.5, 0.6) is 5.88 Å². The Morgan fingerprint density at radius 3 is 2.24 bits per heavy atom. The standard InChI is InChI=1S/C20H26N4O3.2C2HF3O2/c1-25-19-10-18(22-15-23-19)24-13-20(14-24)11-16(6-9-27-20)5-8-26-12-17-4-2-3-7-21-17;2*3-2(4,5)1(6)7/h2-4,7,10,15-16H,5-6,8-9,11-14H2,1H3;2*(H,6,7). The fraction of sp³-hybridized carbons (Fsp3) is 0.542. The van der Waals surface area contributed by atoms with Crippen molar-refractivity contribution in [3.05, 3.63) is 42.5 Å². The summed E-state index contributed by atoms with van der Waals surface area (Å²) in [6, 6.07) is 7.78. The Morgan fingerprint density at radius 2 is 1.71 bits per heavy atom. The summed E-state index contributed by atoms with van der Waals surface area (Å²) in [6.07, 6.45) is -3.56. The van der Waals surface area contributed by atoms with E-state index in [0.717, 1.165) is 57.1 Å². The lowest BCUT2D eigenvalue weighted by Gasteiger charge is -2.53. The monoisotopic (exact) mass is 598 g/mol. The molecule has 2 fully saturated rings. The predicted molar refractivity (Wildman–Crippen MR) is 128 cm³/mol. The van der Waals surface area contributed by atoms with Gasteiger partial charge in [0.25, 0.3) is 0 Å². The average molecular weight is 598 g/mol. The van der Waals surface area contributed by atoms with Crippen molar-refractivity contribution in [3.63, 3.8) is 0 Å². The van der Waals surface area contributed by atoms with Gasteiger partial charge in [0.15, 0.2) is 0 Å². The van der Waals surface area contributed by atoms with E-state index in [-0.39, 0.29) is 5.60 Å². The molecule has 0 amide bonds. The minimum Gasteiger partial charge on any atom is -0.481 e. The van der Waals surface area contributed by atoms with Gasteiger partial charge in [-0.25, -0.2) is 19.6 Å². The number of carboxylic acids is 2. The number of carbonyl (C=O) groups is 2. The second kappa shape index (κ2) is 14.8. The molecule has 1 spiro atoms. The molecule has 1 unspecified atom stereocenters. The highest BCUT2D eigenvalue weighted by molar-refractivity contribution is 5.73. The molecule has 1 atom stereocenters. The number of anilines is 1. The molecule has 17 heteroatoms. The molecule has 4 rings (SSSR count). The number of nitrogens with zero attached hydrogens (tertiary/aromatic N) is 4. The van der Waals surface area contributed by atoms with Gasteiger partial charge < -0.3 is 29.3 Å². The summed E-state index contributed by atoms with van der Waals surface area (Å²) in [4.78, 5) is 32.7. The normalized spacial score (nSPS) is 17.7. The van der Waals surface area contributed by atoms with Crippen LogP contribution in [0.3, 0.4) is 0 Å². The maximum atomic E-state index is 10.6. The van der Waals surface area contributed by atoms with E-state index >= 15 is 0 Å². The van der Waals surface area contributed by atoms with Gasteiger partial charge in [-0.15, -0.1) is 0 Å². The van der Waals surface area contributed by atoms with Gasteiger partial charge in [-0.3, -0.25) is 4.98 Å². The van der Waals surface area contributed by atoms with Crippen LogP contribution in [0.1, 0.15) is 25.0 Å². The molecular formula is C24H28F6N4O7. The third-order valence-corrected chi connectivity index (χ3v) is 5.85. The van der Waals surface area contributed by atoms with Crippen LogP contribution in [0.2, 0.25) is 0 Å². The molecular weight excluding hydrogens is 570 g/mol. The Labute approximate surface area is 230 Å². The van der Waals surface area contributed by atoms with Crippen LogP contribution in [0.15, 0.2) is 36.8 Å². The second-order valence-electron chi connectivity index (χ2n) is 8.93. The van der Waals surface area contributed by atoms with Crippen molar-refractivity contribution >= 4 is 17.8 Å². The molecule has 0 aliphatic carbocycles. The lowest BCUT2D eigenvalue weighted by Crippen LogP contribution is -2.65. The molecule has 2 N–H and O–H groups in total. The van der Waals surface area contributed by atoms with Gasteiger partial charge in [-0.1, -0.05) is 6.07 Å². The van der Waals surface area contributed by atoms with E-state index in [1.54, 1.807) is 19.6 Å².